The Labute approximate surface area is 224 Å². The minimum Gasteiger partial charge on any atom is -0.354 e. The molecular formula is C29H34FN3O4S. The molecule has 1 atom stereocenters. The third-order valence-electron chi connectivity index (χ3n) is 6.23. The average molecular weight is 540 g/mol. The van der Waals surface area contributed by atoms with E-state index in [4.69, 9.17) is 0 Å². The number of hydrogen-bond donors (Lipinski definition) is 1. The fourth-order valence-corrected chi connectivity index (χ4v) is 5.30. The number of halogens is 1. The Morgan fingerprint density at radius 3 is 2.21 bits per heavy atom. The number of sulfonamides is 1. The summed E-state index contributed by atoms with van der Waals surface area (Å²) in [5.41, 5.74) is 1.42. The SMILES string of the molecule is CCCCNC(=O)C(C)N(Cc1ccccc1F)C(=O)CN(c1ccccc1)S(=O)(=O)c1ccc(C)cc1. The summed E-state index contributed by atoms with van der Waals surface area (Å²) >= 11 is 0. The summed E-state index contributed by atoms with van der Waals surface area (Å²) < 4.78 is 43.0. The van der Waals surface area contributed by atoms with Crippen molar-refractivity contribution >= 4 is 27.5 Å². The number of carbonyl (C=O) groups excluding carboxylic acids is 2. The molecule has 0 heterocycles. The molecule has 9 heteroatoms. The second-order valence-electron chi connectivity index (χ2n) is 9.09. The number of nitrogens with zero attached hydrogens (tertiary/aromatic N) is 2. The Morgan fingerprint density at radius 1 is 0.947 bits per heavy atom. The Balaban J connectivity index is 1.98. The first-order valence-corrected chi connectivity index (χ1v) is 14.0. The lowest BCUT2D eigenvalue weighted by Crippen LogP contribution is -2.51. The normalized spacial score (nSPS) is 12.0. The molecule has 3 rings (SSSR count). The summed E-state index contributed by atoms with van der Waals surface area (Å²) in [7, 11) is -4.13. The number of rotatable bonds is 12. The van der Waals surface area contributed by atoms with E-state index < -0.39 is 40.2 Å². The fourth-order valence-electron chi connectivity index (χ4n) is 3.89. The molecule has 1 unspecified atom stereocenters. The molecule has 0 saturated heterocycles. The number of carbonyl (C=O) groups is 2. The highest BCUT2D eigenvalue weighted by molar-refractivity contribution is 7.92. The molecule has 0 bridgehead atoms. The van der Waals surface area contributed by atoms with Gasteiger partial charge in [-0.15, -0.1) is 0 Å². The van der Waals surface area contributed by atoms with Crippen LogP contribution in [0.15, 0.2) is 83.8 Å². The van der Waals surface area contributed by atoms with Gasteiger partial charge >= 0.3 is 0 Å². The monoisotopic (exact) mass is 539 g/mol. The van der Waals surface area contributed by atoms with Crippen LogP contribution in [-0.4, -0.2) is 44.3 Å². The largest absolute Gasteiger partial charge is 0.354 e. The van der Waals surface area contributed by atoms with E-state index in [9.17, 15) is 22.4 Å². The van der Waals surface area contributed by atoms with Gasteiger partial charge < -0.3 is 10.2 Å². The number of para-hydroxylation sites is 1. The molecule has 7 nitrogen and oxygen atoms in total. The van der Waals surface area contributed by atoms with Crippen LogP contribution in [0, 0.1) is 12.7 Å². The summed E-state index contributed by atoms with van der Waals surface area (Å²) in [4.78, 5) is 27.9. The first-order chi connectivity index (χ1) is 18.1. The Hall–Kier alpha value is -3.72. The van der Waals surface area contributed by atoms with E-state index in [-0.39, 0.29) is 17.0 Å². The molecule has 0 saturated carbocycles. The van der Waals surface area contributed by atoms with Gasteiger partial charge in [-0.05, 0) is 50.6 Å². The molecule has 38 heavy (non-hydrogen) atoms. The van der Waals surface area contributed by atoms with Gasteiger partial charge in [0.15, 0.2) is 0 Å². The number of hydrogen-bond acceptors (Lipinski definition) is 4. The quantitative estimate of drug-likeness (QED) is 0.339. The zero-order valence-corrected chi connectivity index (χ0v) is 22.7. The molecule has 0 aromatic heterocycles. The van der Waals surface area contributed by atoms with E-state index in [1.165, 1.54) is 35.2 Å². The Morgan fingerprint density at radius 2 is 1.58 bits per heavy atom. The van der Waals surface area contributed by atoms with Crippen molar-refractivity contribution in [2.24, 2.45) is 0 Å². The molecule has 3 aromatic carbocycles. The average Bonchev–Trinajstić information content (AvgIpc) is 2.91. The van der Waals surface area contributed by atoms with Gasteiger partial charge in [-0.2, -0.15) is 0 Å². The van der Waals surface area contributed by atoms with Crippen molar-refractivity contribution in [2.75, 3.05) is 17.4 Å². The van der Waals surface area contributed by atoms with Crippen molar-refractivity contribution in [3.8, 4) is 0 Å². The summed E-state index contributed by atoms with van der Waals surface area (Å²) in [6, 6.07) is 19.7. The second kappa shape index (κ2) is 13.2. The zero-order valence-electron chi connectivity index (χ0n) is 21.9. The van der Waals surface area contributed by atoms with Crippen molar-refractivity contribution in [1.82, 2.24) is 10.2 Å². The van der Waals surface area contributed by atoms with Crippen molar-refractivity contribution < 1.29 is 22.4 Å². The molecule has 1 N–H and O–H groups in total. The van der Waals surface area contributed by atoms with Crippen molar-refractivity contribution in [3.63, 3.8) is 0 Å². The van der Waals surface area contributed by atoms with Gasteiger partial charge in [-0.25, -0.2) is 12.8 Å². The highest BCUT2D eigenvalue weighted by atomic mass is 32.2. The van der Waals surface area contributed by atoms with Crippen LogP contribution in [0.25, 0.3) is 0 Å². The van der Waals surface area contributed by atoms with Crippen molar-refractivity contribution in [2.45, 2.75) is 51.1 Å². The fraction of sp³-hybridized carbons (Fsp3) is 0.310. The van der Waals surface area contributed by atoms with Gasteiger partial charge in [-0.1, -0.05) is 67.4 Å². The highest BCUT2D eigenvalue weighted by Gasteiger charge is 2.32. The molecule has 0 fully saturated rings. The standard InChI is InChI=1S/C29H34FN3O4S/c1-4-5-19-31-29(35)23(3)32(20-24-11-9-10-14-27(24)30)28(34)21-33(25-12-7-6-8-13-25)38(36,37)26-17-15-22(2)16-18-26/h6-18,23H,4-5,19-21H2,1-3H3,(H,31,35). The van der Waals surface area contributed by atoms with Gasteiger partial charge in [-0.3, -0.25) is 13.9 Å². The van der Waals surface area contributed by atoms with Crippen LogP contribution in [0.4, 0.5) is 10.1 Å². The van der Waals surface area contributed by atoms with E-state index in [2.05, 4.69) is 5.32 Å². The third-order valence-corrected chi connectivity index (χ3v) is 8.02. The maximum atomic E-state index is 14.6. The van der Waals surface area contributed by atoms with Crippen LogP contribution >= 0.6 is 0 Å². The molecule has 0 spiro atoms. The number of unbranched alkanes of at least 4 members (excludes halogenated alkanes) is 1. The molecule has 202 valence electrons. The topological polar surface area (TPSA) is 86.8 Å². The smallest absolute Gasteiger partial charge is 0.264 e. The predicted octanol–water partition coefficient (Wildman–Crippen LogP) is 4.66. The van der Waals surface area contributed by atoms with Crippen LogP contribution in [0.2, 0.25) is 0 Å². The second-order valence-corrected chi connectivity index (χ2v) is 11.0. The summed E-state index contributed by atoms with van der Waals surface area (Å²) in [5.74, 6) is -1.54. The van der Waals surface area contributed by atoms with Gasteiger partial charge in [0.25, 0.3) is 10.0 Å². The molecule has 3 aromatic rings. The zero-order chi connectivity index (χ0) is 27.7. The number of anilines is 1. The Kier molecular flexibility index (Phi) is 10.0. The van der Waals surface area contributed by atoms with Crippen molar-refractivity contribution in [3.05, 3.63) is 95.8 Å². The van der Waals surface area contributed by atoms with E-state index in [0.717, 1.165) is 22.7 Å². The minimum absolute atomic E-state index is 0.0331. The highest BCUT2D eigenvalue weighted by Crippen LogP contribution is 2.25. The third kappa shape index (κ3) is 7.19. The van der Waals surface area contributed by atoms with E-state index in [1.807, 2.05) is 13.8 Å². The Bertz CT molecular complexity index is 1330. The molecule has 0 aliphatic heterocycles. The number of benzene rings is 3. The van der Waals surface area contributed by atoms with Crippen LogP contribution in [0.3, 0.4) is 0 Å². The van der Waals surface area contributed by atoms with Crippen LogP contribution in [-0.2, 0) is 26.2 Å². The molecule has 0 aliphatic rings. The van der Waals surface area contributed by atoms with Gasteiger partial charge in [0.1, 0.15) is 18.4 Å². The lowest BCUT2D eigenvalue weighted by atomic mass is 10.1. The van der Waals surface area contributed by atoms with Crippen LogP contribution in [0.1, 0.15) is 37.8 Å². The van der Waals surface area contributed by atoms with Crippen molar-refractivity contribution in [1.29, 1.82) is 0 Å². The molecule has 0 aliphatic carbocycles. The summed E-state index contributed by atoms with van der Waals surface area (Å²) in [5, 5.41) is 2.81. The first kappa shape index (κ1) is 28.8. The van der Waals surface area contributed by atoms with E-state index >= 15 is 0 Å². The lowest BCUT2D eigenvalue weighted by Gasteiger charge is -2.32. The summed E-state index contributed by atoms with van der Waals surface area (Å²) in [6.07, 6.45) is 1.66. The summed E-state index contributed by atoms with van der Waals surface area (Å²) in [6.45, 7) is 5.09. The molecule has 0 radical (unpaired) electrons. The number of aryl methyl sites for hydroxylation is 1. The van der Waals surface area contributed by atoms with Gasteiger partial charge in [0.05, 0.1) is 10.6 Å². The van der Waals surface area contributed by atoms with E-state index in [0.29, 0.717) is 12.2 Å². The van der Waals surface area contributed by atoms with Gasteiger partial charge in [0, 0.05) is 18.7 Å². The first-order valence-electron chi connectivity index (χ1n) is 12.6. The van der Waals surface area contributed by atoms with Gasteiger partial charge in [0.2, 0.25) is 11.8 Å². The maximum Gasteiger partial charge on any atom is 0.264 e. The van der Waals surface area contributed by atoms with E-state index in [1.54, 1.807) is 55.5 Å². The molecular weight excluding hydrogens is 505 g/mol. The lowest BCUT2D eigenvalue weighted by molar-refractivity contribution is -0.139. The maximum absolute atomic E-state index is 14.6. The predicted molar refractivity (Wildman–Crippen MR) is 146 cm³/mol. The minimum atomic E-state index is -4.13. The molecule has 2 amide bonds. The number of nitrogens with one attached hydrogen (secondary N) is 1. The van der Waals surface area contributed by atoms with Crippen LogP contribution < -0.4 is 9.62 Å². The van der Waals surface area contributed by atoms with Crippen LogP contribution in [0.5, 0.6) is 0 Å². The number of amides is 2.